The second kappa shape index (κ2) is 4.43. The summed E-state index contributed by atoms with van der Waals surface area (Å²) in [7, 11) is 0. The fourth-order valence-corrected chi connectivity index (χ4v) is 3.35. The maximum Gasteiger partial charge on any atom is 0.273 e. The molecule has 0 aliphatic heterocycles. The van der Waals surface area contributed by atoms with E-state index in [1.165, 1.54) is 11.5 Å². The van der Waals surface area contributed by atoms with Crippen molar-refractivity contribution in [2.75, 3.05) is 0 Å². The van der Waals surface area contributed by atoms with Gasteiger partial charge in [0.2, 0.25) is 0 Å². The fraction of sp³-hybridized carbons (Fsp3) is 0. The first kappa shape index (κ1) is 11.8. The van der Waals surface area contributed by atoms with Crippen LogP contribution in [0, 0.1) is 0 Å². The number of benzene rings is 2. The molecule has 2 nitrogen and oxygen atoms in total. The van der Waals surface area contributed by atoms with Gasteiger partial charge in [0.1, 0.15) is 0 Å². The molecule has 0 unspecified atom stereocenters. The van der Waals surface area contributed by atoms with Crippen molar-refractivity contribution in [2.45, 2.75) is 0 Å². The lowest BCUT2D eigenvalue weighted by atomic mass is 10.3. The van der Waals surface area contributed by atoms with Crippen molar-refractivity contribution in [1.29, 1.82) is 0 Å². The van der Waals surface area contributed by atoms with Crippen molar-refractivity contribution < 1.29 is 0 Å². The highest BCUT2D eigenvalue weighted by molar-refractivity contribution is 7.14. The summed E-state index contributed by atoms with van der Waals surface area (Å²) in [6.45, 7) is 0. The molecule has 0 atom stereocenters. The topological polar surface area (TPSA) is 22.0 Å². The van der Waals surface area contributed by atoms with Crippen molar-refractivity contribution >= 4 is 44.8 Å². The largest absolute Gasteiger partial charge is 0.273 e. The van der Waals surface area contributed by atoms with Gasteiger partial charge in [-0.25, -0.2) is 3.96 Å². The van der Waals surface area contributed by atoms with Crippen molar-refractivity contribution in [1.82, 2.24) is 3.96 Å². The minimum absolute atomic E-state index is 0.0557. The molecule has 0 saturated heterocycles. The van der Waals surface area contributed by atoms with Crippen LogP contribution in [0.2, 0.25) is 10.0 Å². The Hall–Kier alpha value is -1.29. The van der Waals surface area contributed by atoms with Crippen LogP contribution in [0.5, 0.6) is 0 Å². The van der Waals surface area contributed by atoms with Gasteiger partial charge in [-0.1, -0.05) is 46.9 Å². The summed E-state index contributed by atoms with van der Waals surface area (Å²) in [5, 5.41) is 1.72. The second-order valence-corrected chi connectivity index (χ2v) is 5.61. The van der Waals surface area contributed by atoms with Gasteiger partial charge in [0.25, 0.3) is 5.56 Å². The van der Waals surface area contributed by atoms with Gasteiger partial charge in [-0.05, 0) is 30.3 Å². The molecule has 0 amide bonds. The first-order valence-electron chi connectivity index (χ1n) is 5.23. The zero-order valence-electron chi connectivity index (χ0n) is 9.06. The maximum absolute atomic E-state index is 12.2. The Morgan fingerprint density at radius 1 is 1.06 bits per heavy atom. The number of rotatable bonds is 1. The molecule has 18 heavy (non-hydrogen) atoms. The lowest BCUT2D eigenvalue weighted by Gasteiger charge is -2.03. The zero-order valence-corrected chi connectivity index (χ0v) is 11.4. The number of hydrogen-bond donors (Lipinski definition) is 0. The first-order chi connectivity index (χ1) is 8.66. The second-order valence-electron chi connectivity index (χ2n) is 3.78. The Morgan fingerprint density at radius 3 is 2.56 bits per heavy atom. The smallest absolute Gasteiger partial charge is 0.267 e. The van der Waals surface area contributed by atoms with E-state index in [9.17, 15) is 4.79 Å². The molecule has 0 fully saturated rings. The van der Waals surface area contributed by atoms with Gasteiger partial charge in [-0.2, -0.15) is 0 Å². The fourth-order valence-electron chi connectivity index (χ4n) is 1.78. The molecule has 1 heterocycles. The lowest BCUT2D eigenvalue weighted by Crippen LogP contribution is -2.10. The number of halogens is 2. The Bertz CT molecular complexity index is 791. The van der Waals surface area contributed by atoms with Crippen LogP contribution in [-0.2, 0) is 0 Å². The minimum Gasteiger partial charge on any atom is -0.267 e. The highest BCUT2D eigenvalue weighted by atomic mass is 35.5. The predicted molar refractivity (Wildman–Crippen MR) is 77.4 cm³/mol. The highest BCUT2D eigenvalue weighted by Crippen LogP contribution is 2.27. The Kier molecular flexibility index (Phi) is 2.90. The third-order valence-electron chi connectivity index (χ3n) is 2.62. The standard InChI is InChI=1S/C13H7Cl2NOS/c14-8-5-6-11(10(15)7-8)16-13(17)9-3-1-2-4-12(9)18-16/h1-7H. The van der Waals surface area contributed by atoms with E-state index in [4.69, 9.17) is 23.2 Å². The third kappa shape index (κ3) is 1.85. The van der Waals surface area contributed by atoms with Gasteiger partial charge in [-0.3, -0.25) is 4.79 Å². The summed E-state index contributed by atoms with van der Waals surface area (Å²) in [5.74, 6) is 0. The molecule has 2 aromatic carbocycles. The summed E-state index contributed by atoms with van der Waals surface area (Å²) < 4.78 is 2.53. The number of fused-ring (bicyclic) bond motifs is 1. The summed E-state index contributed by atoms with van der Waals surface area (Å²) in [5.41, 5.74) is 0.604. The molecule has 0 aliphatic rings. The van der Waals surface area contributed by atoms with Gasteiger partial charge in [0.05, 0.1) is 20.8 Å². The minimum atomic E-state index is -0.0557. The van der Waals surface area contributed by atoms with E-state index in [2.05, 4.69) is 0 Å². The predicted octanol–water partition coefficient (Wildman–Crippen LogP) is 4.36. The SMILES string of the molecule is O=c1c2ccccc2sn1-c1ccc(Cl)cc1Cl. The molecule has 0 aliphatic carbocycles. The Morgan fingerprint density at radius 2 is 1.83 bits per heavy atom. The molecule has 90 valence electrons. The van der Waals surface area contributed by atoms with Gasteiger partial charge in [-0.15, -0.1) is 0 Å². The normalized spacial score (nSPS) is 11.0. The quantitative estimate of drug-likeness (QED) is 0.654. The van der Waals surface area contributed by atoms with Crippen LogP contribution in [0.15, 0.2) is 47.3 Å². The van der Waals surface area contributed by atoms with E-state index < -0.39 is 0 Å². The Balaban J connectivity index is 2.32. The molecule has 0 bridgehead atoms. The van der Waals surface area contributed by atoms with Crippen LogP contribution < -0.4 is 5.56 Å². The molecule has 0 N–H and O–H groups in total. The average Bonchev–Trinajstić information content (AvgIpc) is 2.68. The van der Waals surface area contributed by atoms with Crippen LogP contribution in [0.3, 0.4) is 0 Å². The van der Waals surface area contributed by atoms with Crippen molar-refractivity contribution in [3.8, 4) is 5.69 Å². The van der Waals surface area contributed by atoms with Crippen LogP contribution >= 0.6 is 34.7 Å². The third-order valence-corrected chi connectivity index (χ3v) is 4.26. The molecule has 3 rings (SSSR count). The van der Waals surface area contributed by atoms with Crippen LogP contribution in [-0.4, -0.2) is 3.96 Å². The summed E-state index contributed by atoms with van der Waals surface area (Å²) in [6.07, 6.45) is 0. The van der Waals surface area contributed by atoms with E-state index in [0.717, 1.165) is 4.70 Å². The summed E-state index contributed by atoms with van der Waals surface area (Å²) >= 11 is 13.4. The first-order valence-corrected chi connectivity index (χ1v) is 6.76. The Labute approximate surface area is 117 Å². The molecule has 5 heteroatoms. The van der Waals surface area contributed by atoms with Gasteiger partial charge < -0.3 is 0 Å². The van der Waals surface area contributed by atoms with Gasteiger partial charge in [0, 0.05) is 5.02 Å². The van der Waals surface area contributed by atoms with Crippen molar-refractivity contribution in [3.05, 3.63) is 62.9 Å². The molecule has 3 aromatic rings. The van der Waals surface area contributed by atoms with E-state index in [-0.39, 0.29) is 5.56 Å². The van der Waals surface area contributed by atoms with Crippen LogP contribution in [0.1, 0.15) is 0 Å². The van der Waals surface area contributed by atoms with E-state index in [0.29, 0.717) is 21.1 Å². The maximum atomic E-state index is 12.2. The molecular weight excluding hydrogens is 289 g/mol. The lowest BCUT2D eigenvalue weighted by molar-refractivity contribution is 1.14. The zero-order chi connectivity index (χ0) is 12.7. The van der Waals surface area contributed by atoms with Crippen molar-refractivity contribution in [2.24, 2.45) is 0 Å². The summed E-state index contributed by atoms with van der Waals surface area (Å²) in [4.78, 5) is 12.2. The van der Waals surface area contributed by atoms with E-state index in [1.54, 1.807) is 22.2 Å². The highest BCUT2D eigenvalue weighted by Gasteiger charge is 2.11. The van der Waals surface area contributed by atoms with Crippen LogP contribution in [0.25, 0.3) is 15.8 Å². The number of hydrogen-bond acceptors (Lipinski definition) is 2. The average molecular weight is 296 g/mol. The number of aromatic nitrogens is 1. The van der Waals surface area contributed by atoms with Crippen LogP contribution in [0.4, 0.5) is 0 Å². The van der Waals surface area contributed by atoms with Gasteiger partial charge in [0.15, 0.2) is 0 Å². The van der Waals surface area contributed by atoms with E-state index >= 15 is 0 Å². The number of nitrogens with zero attached hydrogens (tertiary/aromatic N) is 1. The summed E-state index contributed by atoms with van der Waals surface area (Å²) in [6, 6.07) is 12.6. The molecule has 1 aromatic heterocycles. The van der Waals surface area contributed by atoms with Gasteiger partial charge >= 0.3 is 0 Å². The molecule has 0 spiro atoms. The van der Waals surface area contributed by atoms with E-state index in [1.807, 2.05) is 24.3 Å². The molecular formula is C13H7Cl2NOS. The van der Waals surface area contributed by atoms with Crippen molar-refractivity contribution in [3.63, 3.8) is 0 Å². The molecule has 0 radical (unpaired) electrons. The molecule has 0 saturated carbocycles. The monoisotopic (exact) mass is 295 g/mol.